The van der Waals surface area contributed by atoms with Crippen LogP contribution in [0.4, 0.5) is 0 Å². The molecule has 6 aromatic carbocycles. The molecule has 0 aliphatic rings. The minimum Gasteiger partial charge on any atom is -0.256 e. The number of hydrogen-bond acceptors (Lipinski definition) is 3. The smallest absolute Gasteiger partial charge is 0.0720 e. The molecule has 0 fully saturated rings. The zero-order valence-corrected chi connectivity index (χ0v) is 37.3. The van der Waals surface area contributed by atoms with Crippen molar-refractivity contribution in [1.29, 1.82) is 0 Å². The van der Waals surface area contributed by atoms with Gasteiger partial charge < -0.3 is 0 Å². The molecular weight excluding hydrogens is 891 g/mol. The first-order valence-electron chi connectivity index (χ1n) is 18.9. The average molecular weight is 933 g/mol. The molecule has 3 heterocycles. The van der Waals surface area contributed by atoms with Gasteiger partial charge in [-0.15, -0.1) is 0 Å². The first kappa shape index (κ1) is 43.6. The van der Waals surface area contributed by atoms with Crippen LogP contribution in [0.25, 0.3) is 0 Å². The summed E-state index contributed by atoms with van der Waals surface area (Å²) in [7, 11) is -1.67. The van der Waals surface area contributed by atoms with Crippen LogP contribution in [0.1, 0.15) is 0 Å². The van der Waals surface area contributed by atoms with Crippen LogP contribution in [-0.2, 0) is 14.2 Å². The van der Waals surface area contributed by atoms with Crippen LogP contribution >= 0.6 is 37.9 Å². The van der Waals surface area contributed by atoms with E-state index in [-0.39, 0.29) is 0 Å². The van der Waals surface area contributed by atoms with Gasteiger partial charge in [-0.1, -0.05) is 200 Å². The van der Waals surface area contributed by atoms with Gasteiger partial charge in [-0.25, -0.2) is 0 Å². The Morgan fingerprint density at radius 2 is 0.407 bits per heavy atom. The number of hydrogen-bond donors (Lipinski definition) is 0. The van der Waals surface area contributed by atoms with E-state index in [4.69, 9.17) is 0 Å². The number of aromatic nitrogens is 3. The van der Waals surface area contributed by atoms with Gasteiger partial charge in [-0.05, 0) is 68.2 Å². The minimum absolute atomic E-state index is 0.557. The molecule has 8 heteroatoms. The summed E-state index contributed by atoms with van der Waals surface area (Å²) in [4.78, 5) is 13.7. The van der Waals surface area contributed by atoms with E-state index in [2.05, 4.69) is 262 Å². The Hall–Kier alpha value is -4.94. The Labute approximate surface area is 367 Å². The summed E-state index contributed by atoms with van der Waals surface area (Å²) in [5, 5.41) is 8.01. The normalized spacial score (nSPS) is 10.3. The van der Waals surface area contributed by atoms with Crippen LogP contribution in [0.2, 0.25) is 0 Å². The standard InChI is InChI=1S/3C17H14NP.BrH.Cu/c3*1-3-9-15(10-4-1)19(16-11-5-2-6-12-16)17-13-7-8-14-18-17;;/h3*1-14H;1H;/q;;;;+1/p-1. The third-order valence-corrected chi connectivity index (χ3v) is 15.8. The average Bonchev–Trinajstić information content (AvgIpc) is 3.34. The van der Waals surface area contributed by atoms with Gasteiger partial charge in [0.15, 0.2) is 0 Å². The maximum Gasteiger partial charge on any atom is 0.0720 e. The van der Waals surface area contributed by atoms with Crippen LogP contribution in [0, 0.1) is 0 Å². The van der Waals surface area contributed by atoms with Crippen molar-refractivity contribution in [3.05, 3.63) is 255 Å². The van der Waals surface area contributed by atoms with Gasteiger partial charge in [-0.2, -0.15) is 0 Å². The monoisotopic (exact) mass is 931 g/mol. The fourth-order valence-corrected chi connectivity index (χ4v) is 12.7. The van der Waals surface area contributed by atoms with Crippen LogP contribution in [-0.4, -0.2) is 15.0 Å². The molecule has 3 nitrogen and oxygen atoms in total. The number of halogens is 1. The molecule has 294 valence electrons. The molecule has 9 aromatic rings. The molecule has 0 atom stereocenters. The van der Waals surface area contributed by atoms with Crippen LogP contribution in [0.15, 0.2) is 255 Å². The third kappa shape index (κ3) is 13.0. The van der Waals surface area contributed by atoms with E-state index in [1.54, 1.807) is 0 Å². The predicted octanol–water partition coefficient (Wildman–Crippen LogP) is 9.36. The Kier molecular flexibility index (Phi) is 18.4. The van der Waals surface area contributed by atoms with E-state index < -0.39 is 23.8 Å². The van der Waals surface area contributed by atoms with Crippen molar-refractivity contribution in [3.8, 4) is 0 Å². The van der Waals surface area contributed by atoms with Crippen molar-refractivity contribution >= 4 is 86.0 Å². The largest absolute Gasteiger partial charge is 0.256 e. The first-order valence-corrected chi connectivity index (χ1v) is 25.3. The van der Waals surface area contributed by atoms with Crippen LogP contribution < -0.4 is 48.1 Å². The summed E-state index contributed by atoms with van der Waals surface area (Å²) in [6.45, 7) is 0. The molecule has 0 saturated heterocycles. The maximum atomic E-state index is 4.56. The Balaban J connectivity index is 0.000000146. The Morgan fingerprint density at radius 1 is 0.237 bits per heavy atom. The van der Waals surface area contributed by atoms with E-state index in [0.717, 1.165) is 16.3 Å². The predicted molar refractivity (Wildman–Crippen MR) is 258 cm³/mol. The van der Waals surface area contributed by atoms with Gasteiger partial charge >= 0.3 is 28.3 Å². The molecule has 3 aromatic heterocycles. The second-order valence-electron chi connectivity index (χ2n) is 12.6. The SMILES string of the molecule is [Cu][Br].c1ccc(P(c2ccccc2)c2ccccn2)cc1.c1ccc(P(c2ccccc2)c2ccccn2)cc1.c1ccc(P(c2ccccc2)c2ccccn2)cc1. The van der Waals surface area contributed by atoms with Gasteiger partial charge in [-0.3, -0.25) is 15.0 Å². The van der Waals surface area contributed by atoms with Crippen molar-refractivity contribution in [1.82, 2.24) is 15.0 Å². The molecule has 0 saturated carbocycles. The molecular formula is C51H42BrCuN3P3. The number of nitrogens with zero attached hydrogens (tertiary/aromatic N) is 3. The van der Waals surface area contributed by atoms with E-state index in [1.807, 2.05) is 36.8 Å². The Bertz CT molecular complexity index is 1880. The molecule has 0 bridgehead atoms. The minimum atomic E-state index is -0.557. The zero-order chi connectivity index (χ0) is 40.7. The van der Waals surface area contributed by atoms with E-state index >= 15 is 0 Å². The summed E-state index contributed by atoms with van der Waals surface area (Å²) >= 11 is 6.50. The molecule has 0 aliphatic heterocycles. The molecule has 9 rings (SSSR count). The zero-order valence-electron chi connectivity index (χ0n) is 32.1. The molecule has 59 heavy (non-hydrogen) atoms. The summed E-state index contributed by atoms with van der Waals surface area (Å²) in [5.41, 5.74) is 3.44. The van der Waals surface area contributed by atoms with Crippen LogP contribution in [0.3, 0.4) is 0 Å². The first-order chi connectivity index (χ1) is 29.3. The van der Waals surface area contributed by atoms with Gasteiger partial charge in [0.1, 0.15) is 0 Å². The Morgan fingerprint density at radius 3 is 0.559 bits per heavy atom. The maximum absolute atomic E-state index is 4.56. The second kappa shape index (κ2) is 24.9. The van der Waals surface area contributed by atoms with Gasteiger partial charge in [0.2, 0.25) is 0 Å². The van der Waals surface area contributed by atoms with Crippen molar-refractivity contribution < 1.29 is 14.2 Å². The van der Waals surface area contributed by atoms with Gasteiger partial charge in [0.05, 0.1) is 16.3 Å². The molecule has 0 radical (unpaired) electrons. The quantitative estimate of drug-likeness (QED) is 0.107. The molecule has 0 aliphatic carbocycles. The molecule has 0 N–H and O–H groups in total. The van der Waals surface area contributed by atoms with Crippen LogP contribution in [0.5, 0.6) is 0 Å². The molecule has 0 spiro atoms. The van der Waals surface area contributed by atoms with Crippen molar-refractivity contribution in [2.45, 2.75) is 0 Å². The van der Waals surface area contributed by atoms with Crippen molar-refractivity contribution in [2.24, 2.45) is 0 Å². The van der Waals surface area contributed by atoms with E-state index in [1.165, 1.54) is 31.8 Å². The summed E-state index contributed by atoms with van der Waals surface area (Å²) in [5.74, 6) is 0. The second-order valence-corrected chi connectivity index (χ2v) is 19.1. The summed E-state index contributed by atoms with van der Waals surface area (Å²) in [6.07, 6.45) is 5.61. The van der Waals surface area contributed by atoms with Gasteiger partial charge in [0.25, 0.3) is 0 Å². The number of pyridine rings is 3. The summed E-state index contributed by atoms with van der Waals surface area (Å²) < 4.78 is 0. The number of benzene rings is 6. The molecule has 0 unspecified atom stereocenters. The fraction of sp³-hybridized carbons (Fsp3) is 0. The number of rotatable bonds is 9. The van der Waals surface area contributed by atoms with E-state index in [9.17, 15) is 0 Å². The van der Waals surface area contributed by atoms with Crippen molar-refractivity contribution in [2.75, 3.05) is 0 Å². The van der Waals surface area contributed by atoms with E-state index in [0.29, 0.717) is 0 Å². The third-order valence-electron chi connectivity index (χ3n) is 8.72. The fourth-order valence-electron chi connectivity index (χ4n) is 6.16. The summed E-state index contributed by atoms with van der Waals surface area (Å²) in [6, 6.07) is 82.1. The topological polar surface area (TPSA) is 38.7 Å². The van der Waals surface area contributed by atoms with Gasteiger partial charge in [0, 0.05) is 42.4 Å². The van der Waals surface area contributed by atoms with Crippen molar-refractivity contribution in [3.63, 3.8) is 0 Å². The molecule has 0 amide bonds.